The zero-order chi connectivity index (χ0) is 12.9. The third kappa shape index (κ3) is 5.56. The van der Waals surface area contributed by atoms with Gasteiger partial charge in [-0.15, -0.1) is 0 Å². The summed E-state index contributed by atoms with van der Waals surface area (Å²) in [7, 11) is 0. The summed E-state index contributed by atoms with van der Waals surface area (Å²) >= 11 is 0. The van der Waals surface area contributed by atoms with E-state index in [-0.39, 0.29) is 5.41 Å². The van der Waals surface area contributed by atoms with Crippen molar-refractivity contribution in [3.63, 3.8) is 0 Å². The second-order valence-electron chi connectivity index (χ2n) is 5.57. The zero-order valence-electron chi connectivity index (χ0n) is 11.6. The molecule has 0 bridgehead atoms. The van der Waals surface area contributed by atoms with Crippen LogP contribution in [0.2, 0.25) is 0 Å². The Kier molecular flexibility index (Phi) is 4.78. The SMILES string of the molecule is Cc1ccc([C@@H](C)NCC#CC(C)(C)C)cc1. The van der Waals surface area contributed by atoms with Crippen molar-refractivity contribution in [1.82, 2.24) is 5.32 Å². The molecule has 0 saturated heterocycles. The van der Waals surface area contributed by atoms with Crippen molar-refractivity contribution < 1.29 is 0 Å². The third-order valence-electron chi connectivity index (χ3n) is 2.54. The molecule has 0 aromatic heterocycles. The number of hydrogen-bond donors (Lipinski definition) is 1. The molecule has 0 spiro atoms. The molecule has 1 nitrogen and oxygen atoms in total. The fraction of sp³-hybridized carbons (Fsp3) is 0.500. The van der Waals surface area contributed by atoms with Crippen LogP contribution in [0.4, 0.5) is 0 Å². The maximum atomic E-state index is 3.42. The fourth-order valence-corrected chi connectivity index (χ4v) is 1.49. The number of nitrogens with one attached hydrogen (secondary N) is 1. The van der Waals surface area contributed by atoms with E-state index < -0.39 is 0 Å². The number of hydrogen-bond acceptors (Lipinski definition) is 1. The molecule has 0 aliphatic rings. The molecule has 0 fully saturated rings. The summed E-state index contributed by atoms with van der Waals surface area (Å²) in [6.07, 6.45) is 0. The molecule has 0 aliphatic heterocycles. The van der Waals surface area contributed by atoms with Crippen LogP contribution in [0.25, 0.3) is 0 Å². The van der Waals surface area contributed by atoms with E-state index in [0.717, 1.165) is 6.54 Å². The molecule has 0 amide bonds. The lowest BCUT2D eigenvalue weighted by atomic mass is 9.98. The van der Waals surface area contributed by atoms with Gasteiger partial charge in [0.05, 0.1) is 6.54 Å². The number of benzene rings is 1. The third-order valence-corrected chi connectivity index (χ3v) is 2.54. The van der Waals surface area contributed by atoms with E-state index in [0.29, 0.717) is 6.04 Å². The lowest BCUT2D eigenvalue weighted by molar-refractivity contribution is 0.568. The van der Waals surface area contributed by atoms with Crippen LogP contribution in [0.15, 0.2) is 24.3 Å². The van der Waals surface area contributed by atoms with Gasteiger partial charge in [0.1, 0.15) is 0 Å². The van der Waals surface area contributed by atoms with E-state index in [2.05, 4.69) is 76.0 Å². The standard InChI is InChI=1S/C16H23N/c1-13-7-9-15(10-8-13)14(2)17-12-6-11-16(3,4)5/h7-10,14,17H,12H2,1-5H3/t14-/m1/s1. The van der Waals surface area contributed by atoms with Crippen LogP contribution in [0.5, 0.6) is 0 Å². The summed E-state index contributed by atoms with van der Waals surface area (Å²) in [6, 6.07) is 8.99. The lowest BCUT2D eigenvalue weighted by Crippen LogP contribution is -2.19. The second-order valence-corrected chi connectivity index (χ2v) is 5.57. The van der Waals surface area contributed by atoms with Gasteiger partial charge in [-0.2, -0.15) is 0 Å². The Morgan fingerprint density at radius 3 is 2.29 bits per heavy atom. The van der Waals surface area contributed by atoms with Gasteiger partial charge in [-0.05, 0) is 40.2 Å². The van der Waals surface area contributed by atoms with E-state index >= 15 is 0 Å². The molecule has 0 aliphatic carbocycles. The fourth-order valence-electron chi connectivity index (χ4n) is 1.49. The van der Waals surface area contributed by atoms with E-state index in [1.165, 1.54) is 11.1 Å². The van der Waals surface area contributed by atoms with Crippen LogP contribution in [0, 0.1) is 24.2 Å². The topological polar surface area (TPSA) is 12.0 Å². The van der Waals surface area contributed by atoms with E-state index in [1.54, 1.807) is 0 Å². The molecule has 17 heavy (non-hydrogen) atoms. The maximum Gasteiger partial charge on any atom is 0.0581 e. The first kappa shape index (κ1) is 13.8. The zero-order valence-corrected chi connectivity index (χ0v) is 11.6. The molecular weight excluding hydrogens is 206 g/mol. The van der Waals surface area contributed by atoms with Crippen molar-refractivity contribution in [2.75, 3.05) is 6.54 Å². The first-order chi connectivity index (χ1) is 7.88. The first-order valence-electron chi connectivity index (χ1n) is 6.18. The van der Waals surface area contributed by atoms with Gasteiger partial charge >= 0.3 is 0 Å². The van der Waals surface area contributed by atoms with E-state index in [1.807, 2.05) is 0 Å². The minimum atomic E-state index is 0.0920. The van der Waals surface area contributed by atoms with Crippen LogP contribution in [0.1, 0.15) is 44.9 Å². The molecule has 1 aromatic carbocycles. The summed E-state index contributed by atoms with van der Waals surface area (Å²) in [5.74, 6) is 6.40. The molecule has 0 radical (unpaired) electrons. The quantitative estimate of drug-likeness (QED) is 0.779. The molecule has 0 heterocycles. The summed E-state index contributed by atoms with van der Waals surface area (Å²) in [4.78, 5) is 0. The Labute approximate surface area is 106 Å². The van der Waals surface area contributed by atoms with Gasteiger partial charge in [0.15, 0.2) is 0 Å². The van der Waals surface area contributed by atoms with Crippen LogP contribution in [0.3, 0.4) is 0 Å². The molecule has 1 N–H and O–H groups in total. The minimum Gasteiger partial charge on any atom is -0.300 e. The Bertz CT molecular complexity index is 398. The molecule has 1 rings (SSSR count). The highest BCUT2D eigenvalue weighted by Gasteiger charge is 2.04. The number of aryl methyl sites for hydroxylation is 1. The van der Waals surface area contributed by atoms with E-state index in [9.17, 15) is 0 Å². The molecular formula is C16H23N. The average Bonchev–Trinajstić information content (AvgIpc) is 2.24. The van der Waals surface area contributed by atoms with Crippen LogP contribution in [-0.2, 0) is 0 Å². The molecule has 92 valence electrons. The Morgan fingerprint density at radius 2 is 1.76 bits per heavy atom. The smallest absolute Gasteiger partial charge is 0.0581 e. The van der Waals surface area contributed by atoms with Gasteiger partial charge in [-0.3, -0.25) is 5.32 Å². The van der Waals surface area contributed by atoms with Gasteiger partial charge < -0.3 is 0 Å². The summed E-state index contributed by atoms with van der Waals surface area (Å²) in [5, 5.41) is 3.42. The highest BCUT2D eigenvalue weighted by atomic mass is 14.9. The lowest BCUT2D eigenvalue weighted by Gasteiger charge is -2.12. The van der Waals surface area contributed by atoms with E-state index in [4.69, 9.17) is 0 Å². The second kappa shape index (κ2) is 5.89. The largest absolute Gasteiger partial charge is 0.300 e. The normalized spacial score (nSPS) is 12.8. The molecule has 1 heteroatoms. The van der Waals surface area contributed by atoms with Crippen LogP contribution in [-0.4, -0.2) is 6.54 Å². The summed E-state index contributed by atoms with van der Waals surface area (Å²) < 4.78 is 0. The van der Waals surface area contributed by atoms with Crippen molar-refractivity contribution in [1.29, 1.82) is 0 Å². The minimum absolute atomic E-state index is 0.0920. The summed E-state index contributed by atoms with van der Waals surface area (Å²) in [6.45, 7) is 11.4. The predicted molar refractivity (Wildman–Crippen MR) is 74.8 cm³/mol. The van der Waals surface area contributed by atoms with Crippen molar-refractivity contribution in [3.8, 4) is 11.8 Å². The Balaban J connectivity index is 2.47. The van der Waals surface area contributed by atoms with Crippen molar-refractivity contribution >= 4 is 0 Å². The highest BCUT2D eigenvalue weighted by molar-refractivity contribution is 5.23. The van der Waals surface area contributed by atoms with Crippen molar-refractivity contribution in [2.45, 2.75) is 40.7 Å². The van der Waals surface area contributed by atoms with Crippen LogP contribution >= 0.6 is 0 Å². The van der Waals surface area contributed by atoms with Gasteiger partial charge in [0.25, 0.3) is 0 Å². The van der Waals surface area contributed by atoms with Gasteiger partial charge in [0, 0.05) is 11.5 Å². The van der Waals surface area contributed by atoms with Gasteiger partial charge in [-0.25, -0.2) is 0 Å². The Morgan fingerprint density at radius 1 is 1.18 bits per heavy atom. The van der Waals surface area contributed by atoms with Crippen LogP contribution < -0.4 is 5.32 Å². The average molecular weight is 229 g/mol. The Hall–Kier alpha value is -1.26. The maximum absolute atomic E-state index is 3.42. The molecule has 1 aromatic rings. The molecule has 0 saturated carbocycles. The van der Waals surface area contributed by atoms with Crippen molar-refractivity contribution in [3.05, 3.63) is 35.4 Å². The first-order valence-corrected chi connectivity index (χ1v) is 6.18. The summed E-state index contributed by atoms with van der Waals surface area (Å²) in [5.41, 5.74) is 2.70. The monoisotopic (exact) mass is 229 g/mol. The van der Waals surface area contributed by atoms with Gasteiger partial charge in [-0.1, -0.05) is 41.7 Å². The molecule has 0 unspecified atom stereocenters. The predicted octanol–water partition coefficient (Wildman–Crippen LogP) is 3.70. The number of rotatable bonds is 3. The van der Waals surface area contributed by atoms with Gasteiger partial charge in [0.2, 0.25) is 0 Å². The highest BCUT2D eigenvalue weighted by Crippen LogP contribution is 2.12. The molecule has 1 atom stereocenters. The van der Waals surface area contributed by atoms with Crippen molar-refractivity contribution in [2.24, 2.45) is 5.41 Å².